The minimum Gasteiger partial charge on any atom is -0.394 e. The molecule has 0 amide bonds. The molecule has 1 aromatic heterocycles. The van der Waals surface area contributed by atoms with Gasteiger partial charge in [-0.05, 0) is 0 Å². The highest BCUT2D eigenvalue weighted by Gasteiger charge is 2.36. The summed E-state index contributed by atoms with van der Waals surface area (Å²) in [4.78, 5) is 25.3. The van der Waals surface area contributed by atoms with Gasteiger partial charge in [0.25, 0.3) is 5.56 Å². The molecular formula is C11H15FN2O5. The van der Waals surface area contributed by atoms with Crippen LogP contribution in [0.25, 0.3) is 0 Å². The second kappa shape index (κ2) is 5.64. The minimum absolute atomic E-state index is 0.0326. The van der Waals surface area contributed by atoms with Gasteiger partial charge in [0, 0.05) is 19.7 Å². The van der Waals surface area contributed by atoms with E-state index in [4.69, 9.17) is 14.6 Å². The highest BCUT2D eigenvalue weighted by molar-refractivity contribution is 5.04. The molecule has 8 heteroatoms. The van der Waals surface area contributed by atoms with Crippen molar-refractivity contribution in [3.63, 3.8) is 0 Å². The average molecular weight is 274 g/mol. The van der Waals surface area contributed by atoms with E-state index in [1.54, 1.807) is 0 Å². The van der Waals surface area contributed by atoms with Crippen molar-refractivity contribution >= 4 is 0 Å². The van der Waals surface area contributed by atoms with E-state index in [0.29, 0.717) is 0 Å². The normalized spacial score (nSPS) is 26.8. The molecule has 2 heterocycles. The molecule has 1 aromatic rings. The first-order chi connectivity index (χ1) is 9.06. The van der Waals surface area contributed by atoms with Crippen LogP contribution in [0.4, 0.5) is 4.39 Å². The molecule has 7 nitrogen and oxygen atoms in total. The Morgan fingerprint density at radius 3 is 2.95 bits per heavy atom. The van der Waals surface area contributed by atoms with Crippen molar-refractivity contribution < 1.29 is 19.0 Å². The van der Waals surface area contributed by atoms with Crippen LogP contribution >= 0.6 is 0 Å². The minimum atomic E-state index is -1.35. The highest BCUT2D eigenvalue weighted by atomic mass is 19.1. The lowest BCUT2D eigenvalue weighted by atomic mass is 10.2. The predicted octanol–water partition coefficient (Wildman–Crippen LogP) is -0.699. The van der Waals surface area contributed by atoms with Crippen molar-refractivity contribution in [3.8, 4) is 0 Å². The van der Waals surface area contributed by atoms with Crippen LogP contribution < -0.4 is 11.2 Å². The van der Waals surface area contributed by atoms with E-state index in [1.165, 1.54) is 13.3 Å². The van der Waals surface area contributed by atoms with E-state index in [-0.39, 0.29) is 18.6 Å². The molecule has 2 rings (SSSR count). The number of alkyl halides is 1. The smallest absolute Gasteiger partial charge is 0.330 e. The first kappa shape index (κ1) is 13.9. The number of aliphatic hydroxyl groups is 1. The second-order valence-electron chi connectivity index (χ2n) is 4.32. The van der Waals surface area contributed by atoms with Crippen molar-refractivity contribution in [2.24, 2.45) is 0 Å². The van der Waals surface area contributed by atoms with Crippen LogP contribution in [-0.2, 0) is 16.1 Å². The molecule has 1 unspecified atom stereocenters. The molecule has 0 spiro atoms. The van der Waals surface area contributed by atoms with Crippen molar-refractivity contribution in [3.05, 3.63) is 32.6 Å². The number of aliphatic hydroxyl groups excluding tert-OH is 1. The fraction of sp³-hybridized carbons (Fsp3) is 0.636. The Morgan fingerprint density at radius 1 is 1.63 bits per heavy atom. The van der Waals surface area contributed by atoms with Crippen LogP contribution in [0, 0.1) is 0 Å². The predicted molar refractivity (Wildman–Crippen MR) is 62.5 cm³/mol. The number of ether oxygens (including phenoxy) is 2. The van der Waals surface area contributed by atoms with Crippen LogP contribution in [0.5, 0.6) is 0 Å². The zero-order chi connectivity index (χ0) is 14.0. The summed E-state index contributed by atoms with van der Waals surface area (Å²) in [6.45, 7) is -0.425. The number of H-pyrrole nitrogens is 1. The Kier molecular flexibility index (Phi) is 4.13. The van der Waals surface area contributed by atoms with Crippen LogP contribution in [0.1, 0.15) is 18.2 Å². The second-order valence-corrected chi connectivity index (χ2v) is 4.32. The van der Waals surface area contributed by atoms with E-state index in [9.17, 15) is 14.0 Å². The Bertz CT molecular complexity index is 555. The maximum absolute atomic E-state index is 13.5. The number of aromatic amines is 1. The number of halogens is 1. The largest absolute Gasteiger partial charge is 0.394 e. The van der Waals surface area contributed by atoms with Gasteiger partial charge in [0.15, 0.2) is 0 Å². The summed E-state index contributed by atoms with van der Waals surface area (Å²) in [5, 5.41) is 8.92. The van der Waals surface area contributed by atoms with E-state index in [1.807, 2.05) is 0 Å². The van der Waals surface area contributed by atoms with Gasteiger partial charge in [0.2, 0.25) is 0 Å². The summed E-state index contributed by atoms with van der Waals surface area (Å²) in [6, 6.07) is 0. The van der Waals surface area contributed by atoms with Gasteiger partial charge >= 0.3 is 5.69 Å². The lowest BCUT2D eigenvalue weighted by Crippen LogP contribution is -2.34. The highest BCUT2D eigenvalue weighted by Crippen LogP contribution is 2.29. The van der Waals surface area contributed by atoms with E-state index in [0.717, 1.165) is 4.57 Å². The molecule has 0 bridgehead atoms. The van der Waals surface area contributed by atoms with E-state index < -0.39 is 36.4 Å². The van der Waals surface area contributed by atoms with E-state index >= 15 is 0 Å². The molecule has 1 fully saturated rings. The number of rotatable bonds is 4. The molecule has 0 saturated carbocycles. The summed E-state index contributed by atoms with van der Waals surface area (Å²) in [5.41, 5.74) is -0.981. The van der Waals surface area contributed by atoms with Gasteiger partial charge in [0.05, 0.1) is 18.8 Å². The van der Waals surface area contributed by atoms with Crippen molar-refractivity contribution in [2.75, 3.05) is 13.7 Å². The van der Waals surface area contributed by atoms with Crippen molar-refractivity contribution in [1.82, 2.24) is 9.55 Å². The quantitative estimate of drug-likeness (QED) is 0.757. The van der Waals surface area contributed by atoms with Gasteiger partial charge in [-0.25, -0.2) is 9.18 Å². The first-order valence-corrected chi connectivity index (χ1v) is 5.80. The third kappa shape index (κ3) is 2.75. The topological polar surface area (TPSA) is 93.6 Å². The molecule has 19 heavy (non-hydrogen) atoms. The standard InChI is InChI=1S/C11H15FN2O5/c1-18-5-6-3-14(11(17)13-10(6)16)9-2-7(12)8(4-15)19-9/h3,7-9,15H,2,4-5H2,1H3,(H,13,16,17)/t7?,8-,9-/m1/s1. The van der Waals surface area contributed by atoms with Gasteiger partial charge in [-0.1, -0.05) is 0 Å². The molecule has 0 aliphatic carbocycles. The maximum Gasteiger partial charge on any atom is 0.330 e. The number of nitrogens with one attached hydrogen (secondary N) is 1. The number of hydrogen-bond donors (Lipinski definition) is 2. The van der Waals surface area contributed by atoms with Crippen molar-refractivity contribution in [2.45, 2.75) is 31.5 Å². The summed E-state index contributed by atoms with van der Waals surface area (Å²) >= 11 is 0. The van der Waals surface area contributed by atoms with Crippen LogP contribution in [0.15, 0.2) is 15.8 Å². The molecule has 1 aliphatic rings. The molecule has 3 atom stereocenters. The first-order valence-electron chi connectivity index (χ1n) is 5.80. The summed E-state index contributed by atoms with van der Waals surface area (Å²) in [5.74, 6) is 0. The third-order valence-electron chi connectivity index (χ3n) is 2.99. The number of aromatic nitrogens is 2. The SMILES string of the molecule is COCc1cn([C@H]2CC(F)[C@@H](CO)O2)c(=O)[nH]c1=O. The molecule has 1 saturated heterocycles. The number of hydrogen-bond acceptors (Lipinski definition) is 5. The monoisotopic (exact) mass is 274 g/mol. The number of nitrogens with zero attached hydrogens (tertiary/aromatic N) is 1. The van der Waals surface area contributed by atoms with Crippen molar-refractivity contribution in [1.29, 1.82) is 0 Å². The van der Waals surface area contributed by atoms with Gasteiger partial charge in [-0.15, -0.1) is 0 Å². The maximum atomic E-state index is 13.5. The molecule has 1 aliphatic heterocycles. The Morgan fingerprint density at radius 2 is 2.37 bits per heavy atom. The molecule has 0 aromatic carbocycles. The Labute approximate surface area is 107 Å². The number of methoxy groups -OCH3 is 1. The zero-order valence-corrected chi connectivity index (χ0v) is 10.3. The Balaban J connectivity index is 2.33. The summed E-state index contributed by atoms with van der Waals surface area (Å²) in [7, 11) is 1.42. The van der Waals surface area contributed by atoms with Gasteiger partial charge in [0.1, 0.15) is 18.5 Å². The van der Waals surface area contributed by atoms with Crippen LogP contribution in [0.2, 0.25) is 0 Å². The van der Waals surface area contributed by atoms with Gasteiger partial charge in [-0.3, -0.25) is 14.3 Å². The molecular weight excluding hydrogens is 259 g/mol. The fourth-order valence-corrected chi connectivity index (χ4v) is 2.02. The van der Waals surface area contributed by atoms with Crippen LogP contribution in [0.3, 0.4) is 0 Å². The summed E-state index contributed by atoms with van der Waals surface area (Å²) < 4.78 is 24.7. The lowest BCUT2D eigenvalue weighted by Gasteiger charge is -2.15. The Hall–Kier alpha value is -1.51. The van der Waals surface area contributed by atoms with Gasteiger partial charge in [-0.2, -0.15) is 0 Å². The van der Waals surface area contributed by atoms with Gasteiger partial charge < -0.3 is 14.6 Å². The van der Waals surface area contributed by atoms with Crippen LogP contribution in [-0.4, -0.2) is 40.6 Å². The average Bonchev–Trinajstić information content (AvgIpc) is 2.74. The zero-order valence-electron chi connectivity index (χ0n) is 10.3. The third-order valence-corrected chi connectivity index (χ3v) is 2.99. The summed E-state index contributed by atoms with van der Waals surface area (Å²) in [6.07, 6.45) is -1.90. The molecule has 0 radical (unpaired) electrons. The fourth-order valence-electron chi connectivity index (χ4n) is 2.02. The lowest BCUT2D eigenvalue weighted by molar-refractivity contribution is -0.0358. The molecule has 106 valence electrons. The molecule has 2 N–H and O–H groups in total. The van der Waals surface area contributed by atoms with E-state index in [2.05, 4.69) is 4.98 Å².